The second kappa shape index (κ2) is 6.88. The number of hydrogen-bond donors (Lipinski definition) is 1. The van der Waals surface area contributed by atoms with Crippen molar-refractivity contribution in [2.75, 3.05) is 19.6 Å². The van der Waals surface area contributed by atoms with Crippen LogP contribution in [-0.4, -0.2) is 36.2 Å². The van der Waals surface area contributed by atoms with E-state index in [0.717, 1.165) is 38.9 Å². The number of nitrogens with one attached hydrogen (secondary N) is 1. The molecule has 1 amide bonds. The van der Waals surface area contributed by atoms with Crippen LogP contribution in [0, 0.1) is 40.4 Å². The summed E-state index contributed by atoms with van der Waals surface area (Å²) < 4.78 is 0. The zero-order valence-electron chi connectivity index (χ0n) is 18.4. The van der Waals surface area contributed by atoms with Gasteiger partial charge in [-0.05, 0) is 69.1 Å². The second-order valence-electron chi connectivity index (χ2n) is 10.4. The molecule has 4 nitrogen and oxygen atoms in total. The van der Waals surface area contributed by atoms with Crippen LogP contribution in [0.15, 0.2) is 11.8 Å². The predicted molar refractivity (Wildman–Crippen MR) is 111 cm³/mol. The Kier molecular flexibility index (Phi) is 4.91. The highest BCUT2D eigenvalue weighted by atomic mass is 16.2. The first-order valence-corrected chi connectivity index (χ1v) is 11.5. The molecule has 2 saturated carbocycles. The average molecular weight is 387 g/mol. The van der Waals surface area contributed by atoms with Crippen LogP contribution in [-0.2, 0) is 9.59 Å². The maximum absolute atomic E-state index is 13.3. The summed E-state index contributed by atoms with van der Waals surface area (Å²) in [5.41, 5.74) is 1.42. The molecule has 4 rings (SSSR count). The Labute approximate surface area is 170 Å². The minimum Gasteiger partial charge on any atom is -0.387 e. The third-order valence-corrected chi connectivity index (χ3v) is 9.27. The van der Waals surface area contributed by atoms with Crippen LogP contribution >= 0.6 is 0 Å². The van der Waals surface area contributed by atoms with Crippen LogP contribution in [0.4, 0.5) is 0 Å². The number of allylic oxidation sites excluding steroid dienone is 2. The van der Waals surface area contributed by atoms with E-state index in [4.69, 9.17) is 0 Å². The van der Waals surface area contributed by atoms with Crippen molar-refractivity contribution in [1.82, 2.24) is 10.2 Å². The maximum Gasteiger partial charge on any atom is 0.226 e. The Morgan fingerprint density at radius 1 is 1.18 bits per heavy atom. The van der Waals surface area contributed by atoms with Crippen LogP contribution in [0.25, 0.3) is 0 Å². The van der Waals surface area contributed by atoms with Gasteiger partial charge in [0.2, 0.25) is 5.91 Å². The molecule has 1 N–H and O–H groups in total. The molecule has 0 aromatic carbocycles. The van der Waals surface area contributed by atoms with Gasteiger partial charge in [0.1, 0.15) is 0 Å². The zero-order chi connectivity index (χ0) is 20.3. The van der Waals surface area contributed by atoms with Crippen molar-refractivity contribution >= 4 is 11.7 Å². The van der Waals surface area contributed by atoms with Gasteiger partial charge in [0.05, 0.1) is 0 Å². The minimum atomic E-state index is 0.0958. The van der Waals surface area contributed by atoms with Gasteiger partial charge in [-0.25, -0.2) is 0 Å². The number of ketones is 1. The highest BCUT2D eigenvalue weighted by Gasteiger charge is 2.61. The van der Waals surface area contributed by atoms with Gasteiger partial charge in [0.15, 0.2) is 5.78 Å². The first-order chi connectivity index (χ1) is 13.3. The van der Waals surface area contributed by atoms with Gasteiger partial charge in [-0.2, -0.15) is 0 Å². The molecule has 1 heterocycles. The van der Waals surface area contributed by atoms with E-state index in [2.05, 4.69) is 39.9 Å². The molecule has 0 bridgehead atoms. The average Bonchev–Trinajstić information content (AvgIpc) is 3.01. The summed E-state index contributed by atoms with van der Waals surface area (Å²) in [4.78, 5) is 27.6. The van der Waals surface area contributed by atoms with Crippen molar-refractivity contribution in [3.63, 3.8) is 0 Å². The summed E-state index contributed by atoms with van der Waals surface area (Å²) in [6, 6.07) is 0. The molecule has 1 aliphatic heterocycles. The van der Waals surface area contributed by atoms with Crippen LogP contribution in [0.2, 0.25) is 0 Å². The smallest absolute Gasteiger partial charge is 0.226 e. The van der Waals surface area contributed by atoms with E-state index in [1.54, 1.807) is 0 Å². The molecule has 4 aliphatic rings. The fourth-order valence-electron chi connectivity index (χ4n) is 7.65. The Morgan fingerprint density at radius 3 is 2.57 bits per heavy atom. The summed E-state index contributed by atoms with van der Waals surface area (Å²) in [6.07, 6.45) is 7.45. The second-order valence-corrected chi connectivity index (χ2v) is 10.4. The Morgan fingerprint density at radius 2 is 1.89 bits per heavy atom. The van der Waals surface area contributed by atoms with E-state index in [1.807, 2.05) is 11.0 Å². The number of hydrogen-bond acceptors (Lipinski definition) is 3. The molecular formula is C24H38N2O2. The van der Waals surface area contributed by atoms with E-state index >= 15 is 0 Å². The molecule has 0 radical (unpaired) electrons. The predicted octanol–water partition coefficient (Wildman–Crippen LogP) is 4.02. The third kappa shape index (κ3) is 2.69. The van der Waals surface area contributed by atoms with Crippen LogP contribution in [0.5, 0.6) is 0 Å². The SMILES string of the molecule is CCN(CC)C(=O)[C@H]1CC[C@H]2[C@@H]3CNC4=CC(=O)[C@H](C)C[C@]4(C)[C@H]3CC[C@]12C. The number of piperidine rings is 1. The Bertz CT molecular complexity index is 697. The summed E-state index contributed by atoms with van der Waals surface area (Å²) >= 11 is 0. The zero-order valence-corrected chi connectivity index (χ0v) is 18.4. The van der Waals surface area contributed by atoms with Crippen molar-refractivity contribution in [1.29, 1.82) is 0 Å². The fourth-order valence-corrected chi connectivity index (χ4v) is 7.65. The standard InChI is InChI=1S/C24H38N2O2/c1-6-26(7-2)22(28)19-9-8-17-16-14-25-21-12-20(27)15(3)13-24(21,5)18(16)10-11-23(17,19)4/h12,15-19,25H,6-11,13-14H2,1-5H3/t15-,16+,17+,18+,19-,23+,24-/m1/s1. The lowest BCUT2D eigenvalue weighted by molar-refractivity contribution is -0.142. The van der Waals surface area contributed by atoms with E-state index in [9.17, 15) is 9.59 Å². The lowest BCUT2D eigenvalue weighted by Crippen LogP contribution is -2.58. The molecule has 3 aliphatic carbocycles. The summed E-state index contributed by atoms with van der Waals surface area (Å²) in [7, 11) is 0. The van der Waals surface area contributed by atoms with E-state index in [0.29, 0.717) is 23.7 Å². The molecule has 7 atom stereocenters. The minimum absolute atomic E-state index is 0.0958. The van der Waals surface area contributed by atoms with Crippen molar-refractivity contribution in [3.8, 4) is 0 Å². The third-order valence-electron chi connectivity index (χ3n) is 9.27. The van der Waals surface area contributed by atoms with Crippen LogP contribution in [0.3, 0.4) is 0 Å². The molecular weight excluding hydrogens is 348 g/mol. The number of rotatable bonds is 3. The monoisotopic (exact) mass is 386 g/mol. The number of carbonyl (C=O) groups is 2. The molecule has 4 heteroatoms. The number of amides is 1. The Balaban J connectivity index is 1.61. The van der Waals surface area contributed by atoms with Crippen molar-refractivity contribution in [3.05, 3.63) is 11.8 Å². The molecule has 0 unspecified atom stereocenters. The topological polar surface area (TPSA) is 49.4 Å². The number of carbonyl (C=O) groups excluding carboxylic acids is 2. The van der Waals surface area contributed by atoms with Gasteiger partial charge in [-0.1, -0.05) is 20.8 Å². The molecule has 0 aromatic heterocycles. The molecule has 156 valence electrons. The van der Waals surface area contributed by atoms with Gasteiger partial charge in [0.25, 0.3) is 0 Å². The van der Waals surface area contributed by atoms with Crippen molar-refractivity contribution < 1.29 is 9.59 Å². The van der Waals surface area contributed by atoms with Crippen molar-refractivity contribution in [2.24, 2.45) is 40.4 Å². The van der Waals surface area contributed by atoms with Gasteiger partial charge in [-0.15, -0.1) is 0 Å². The molecule has 0 aromatic rings. The first kappa shape index (κ1) is 20.0. The summed E-state index contributed by atoms with van der Waals surface area (Å²) in [5, 5.41) is 3.68. The highest BCUT2D eigenvalue weighted by molar-refractivity contribution is 5.93. The number of nitrogens with zero attached hydrogens (tertiary/aromatic N) is 1. The number of fused-ring (bicyclic) bond motifs is 5. The van der Waals surface area contributed by atoms with Crippen LogP contribution < -0.4 is 5.32 Å². The van der Waals surface area contributed by atoms with Gasteiger partial charge >= 0.3 is 0 Å². The maximum atomic E-state index is 13.3. The van der Waals surface area contributed by atoms with Gasteiger partial charge in [0, 0.05) is 48.7 Å². The molecule has 3 fully saturated rings. The van der Waals surface area contributed by atoms with Gasteiger partial charge in [-0.3, -0.25) is 9.59 Å². The fraction of sp³-hybridized carbons (Fsp3) is 0.833. The van der Waals surface area contributed by atoms with E-state index in [-0.39, 0.29) is 28.4 Å². The lowest BCUT2D eigenvalue weighted by atomic mass is 9.49. The largest absolute Gasteiger partial charge is 0.387 e. The Hall–Kier alpha value is -1.32. The first-order valence-electron chi connectivity index (χ1n) is 11.5. The van der Waals surface area contributed by atoms with E-state index in [1.165, 1.54) is 18.5 Å². The lowest BCUT2D eigenvalue weighted by Gasteiger charge is -2.58. The van der Waals surface area contributed by atoms with Crippen molar-refractivity contribution in [2.45, 2.75) is 66.7 Å². The highest BCUT2D eigenvalue weighted by Crippen LogP contribution is 2.64. The van der Waals surface area contributed by atoms with Gasteiger partial charge < -0.3 is 10.2 Å². The van der Waals surface area contributed by atoms with E-state index < -0.39 is 0 Å². The summed E-state index contributed by atoms with van der Waals surface area (Å²) in [6.45, 7) is 13.7. The van der Waals surface area contributed by atoms with Crippen LogP contribution in [0.1, 0.15) is 66.7 Å². The molecule has 0 spiro atoms. The molecule has 28 heavy (non-hydrogen) atoms. The quantitative estimate of drug-likeness (QED) is 0.797. The summed E-state index contributed by atoms with van der Waals surface area (Å²) in [5.74, 6) is 2.87. The molecule has 1 saturated heterocycles. The normalized spacial score (nSPS) is 44.7.